The van der Waals surface area contributed by atoms with Gasteiger partial charge in [-0.15, -0.1) is 0 Å². The van der Waals surface area contributed by atoms with Gasteiger partial charge >= 0.3 is 0 Å². The van der Waals surface area contributed by atoms with Crippen LogP contribution < -0.4 is 9.47 Å². The summed E-state index contributed by atoms with van der Waals surface area (Å²) in [5, 5.41) is 29.6. The van der Waals surface area contributed by atoms with Crippen molar-refractivity contribution in [1.29, 1.82) is 0 Å². The number of phenolic OH excluding ortho intramolecular Hbond substituents is 3. The van der Waals surface area contributed by atoms with Crippen molar-refractivity contribution in [2.75, 3.05) is 6.61 Å². The van der Waals surface area contributed by atoms with Crippen LogP contribution in [0, 0.1) is 0 Å². The molecule has 0 aromatic heterocycles. The minimum Gasteiger partial charge on any atom is -0.508 e. The lowest BCUT2D eigenvalue weighted by Gasteiger charge is -2.38. The number of allylic oxidation sites excluding steroid dienone is 2. The summed E-state index contributed by atoms with van der Waals surface area (Å²) in [7, 11) is 0. The van der Waals surface area contributed by atoms with Gasteiger partial charge in [0.1, 0.15) is 30.0 Å². The Kier molecular flexibility index (Phi) is 3.35. The highest BCUT2D eigenvalue weighted by Gasteiger charge is 2.53. The van der Waals surface area contributed by atoms with Crippen LogP contribution in [0.4, 0.5) is 0 Å². The van der Waals surface area contributed by atoms with Gasteiger partial charge < -0.3 is 24.8 Å². The first-order chi connectivity index (χ1) is 11.9. The minimum atomic E-state index is -0.498. The summed E-state index contributed by atoms with van der Waals surface area (Å²) in [4.78, 5) is 0. The van der Waals surface area contributed by atoms with Gasteiger partial charge in [-0.2, -0.15) is 0 Å². The Morgan fingerprint density at radius 3 is 2.64 bits per heavy atom. The lowest BCUT2D eigenvalue weighted by atomic mass is 9.71. The van der Waals surface area contributed by atoms with Gasteiger partial charge in [0.25, 0.3) is 0 Å². The summed E-state index contributed by atoms with van der Waals surface area (Å²) in [5.74, 6) is 0.907. The largest absolute Gasteiger partial charge is 0.508 e. The molecule has 0 bridgehead atoms. The molecule has 0 saturated heterocycles. The first-order valence-corrected chi connectivity index (χ1v) is 8.23. The summed E-state index contributed by atoms with van der Waals surface area (Å²) in [5.41, 5.74) is 2.35. The van der Waals surface area contributed by atoms with Gasteiger partial charge in [0.2, 0.25) is 0 Å². The van der Waals surface area contributed by atoms with E-state index in [1.807, 2.05) is 13.8 Å². The number of rotatable bonds is 2. The van der Waals surface area contributed by atoms with E-state index >= 15 is 0 Å². The summed E-state index contributed by atoms with van der Waals surface area (Å²) < 4.78 is 12.2. The molecule has 5 nitrogen and oxygen atoms in total. The van der Waals surface area contributed by atoms with E-state index < -0.39 is 5.41 Å². The van der Waals surface area contributed by atoms with Gasteiger partial charge in [0, 0.05) is 23.3 Å². The van der Waals surface area contributed by atoms with Crippen LogP contribution in [0.5, 0.6) is 28.7 Å². The maximum absolute atomic E-state index is 10.0. The fraction of sp³-hybridized carbons (Fsp3) is 0.300. The molecule has 2 aliphatic heterocycles. The van der Waals surface area contributed by atoms with Crippen molar-refractivity contribution >= 4 is 0 Å². The SMILES string of the molecule is CC(C)=CCC12COc3cc(O)ccc3C1Oc1cc(O)c(O)cc12. The lowest BCUT2D eigenvalue weighted by molar-refractivity contribution is 0.0724. The van der Waals surface area contributed by atoms with E-state index in [0.717, 1.165) is 11.1 Å². The molecule has 25 heavy (non-hydrogen) atoms. The molecule has 0 fully saturated rings. The monoisotopic (exact) mass is 340 g/mol. The number of fused-ring (bicyclic) bond motifs is 5. The Balaban J connectivity index is 1.90. The molecule has 2 heterocycles. The highest BCUT2D eigenvalue weighted by atomic mass is 16.5. The molecule has 0 radical (unpaired) electrons. The number of benzene rings is 2. The summed E-state index contributed by atoms with van der Waals surface area (Å²) in [6.45, 7) is 4.42. The van der Waals surface area contributed by atoms with E-state index in [9.17, 15) is 15.3 Å². The molecule has 0 amide bonds. The molecule has 2 aromatic carbocycles. The predicted octanol–water partition coefficient (Wildman–Crippen LogP) is 3.92. The van der Waals surface area contributed by atoms with E-state index in [1.165, 1.54) is 11.6 Å². The highest BCUT2D eigenvalue weighted by Crippen LogP contribution is 2.58. The third kappa shape index (κ3) is 2.30. The standard InChI is InChI=1S/C20H20O5/c1-11(2)5-6-20-10-24-17-7-12(21)3-4-13(17)19(20)25-18-9-16(23)15(22)8-14(18)20/h3-5,7-9,19,21-23H,6,10H2,1-2H3. The molecule has 5 heteroatoms. The van der Waals surface area contributed by atoms with Gasteiger partial charge in [-0.05, 0) is 38.5 Å². The van der Waals surface area contributed by atoms with Crippen molar-refractivity contribution in [3.8, 4) is 28.7 Å². The van der Waals surface area contributed by atoms with Gasteiger partial charge in [-0.3, -0.25) is 0 Å². The van der Waals surface area contributed by atoms with E-state index in [1.54, 1.807) is 24.3 Å². The summed E-state index contributed by atoms with van der Waals surface area (Å²) in [6.07, 6.45) is 2.49. The average molecular weight is 340 g/mol. The fourth-order valence-electron chi connectivity index (χ4n) is 3.67. The zero-order valence-corrected chi connectivity index (χ0v) is 14.1. The van der Waals surface area contributed by atoms with Gasteiger partial charge in [0.05, 0.1) is 5.41 Å². The van der Waals surface area contributed by atoms with Crippen LogP contribution in [-0.2, 0) is 5.41 Å². The van der Waals surface area contributed by atoms with Gasteiger partial charge in [-0.25, -0.2) is 0 Å². The molecule has 0 saturated carbocycles. The van der Waals surface area contributed by atoms with Crippen molar-refractivity contribution in [2.45, 2.75) is 31.8 Å². The molecular formula is C20H20O5. The van der Waals surface area contributed by atoms with Crippen molar-refractivity contribution in [3.63, 3.8) is 0 Å². The number of ether oxygens (including phenoxy) is 2. The Bertz CT molecular complexity index is 882. The summed E-state index contributed by atoms with van der Waals surface area (Å²) in [6, 6.07) is 8.02. The molecule has 2 unspecified atom stereocenters. The Hall–Kier alpha value is -2.82. The van der Waals surface area contributed by atoms with Crippen LogP contribution in [0.2, 0.25) is 0 Å². The number of phenols is 3. The zero-order valence-electron chi connectivity index (χ0n) is 14.1. The lowest BCUT2D eigenvalue weighted by Crippen LogP contribution is -2.41. The normalized spacial score (nSPS) is 22.9. The van der Waals surface area contributed by atoms with Crippen molar-refractivity contribution in [3.05, 3.63) is 53.1 Å². The maximum Gasteiger partial charge on any atom is 0.161 e. The minimum absolute atomic E-state index is 0.140. The van der Waals surface area contributed by atoms with Crippen molar-refractivity contribution < 1.29 is 24.8 Å². The maximum atomic E-state index is 10.0. The van der Waals surface area contributed by atoms with Crippen LogP contribution in [-0.4, -0.2) is 21.9 Å². The third-order valence-corrected chi connectivity index (χ3v) is 5.00. The predicted molar refractivity (Wildman–Crippen MR) is 92.5 cm³/mol. The smallest absolute Gasteiger partial charge is 0.161 e. The number of hydrogen-bond acceptors (Lipinski definition) is 5. The molecule has 4 rings (SSSR count). The Morgan fingerprint density at radius 1 is 1.12 bits per heavy atom. The molecule has 0 spiro atoms. The Morgan fingerprint density at radius 2 is 1.88 bits per heavy atom. The molecule has 2 aliphatic rings. The van der Waals surface area contributed by atoms with E-state index in [4.69, 9.17) is 9.47 Å². The molecule has 0 aliphatic carbocycles. The van der Waals surface area contributed by atoms with Gasteiger partial charge in [0.15, 0.2) is 11.5 Å². The quantitative estimate of drug-likeness (QED) is 0.570. The Labute approximate surface area is 145 Å². The fourth-order valence-corrected chi connectivity index (χ4v) is 3.67. The molecule has 2 atom stereocenters. The van der Waals surface area contributed by atoms with Crippen LogP contribution >= 0.6 is 0 Å². The van der Waals surface area contributed by atoms with Gasteiger partial charge in [-0.1, -0.05) is 11.6 Å². The molecular weight excluding hydrogens is 320 g/mol. The van der Waals surface area contributed by atoms with Crippen molar-refractivity contribution in [1.82, 2.24) is 0 Å². The van der Waals surface area contributed by atoms with E-state index in [-0.39, 0.29) is 23.4 Å². The highest BCUT2D eigenvalue weighted by molar-refractivity contribution is 5.59. The summed E-state index contributed by atoms with van der Waals surface area (Å²) >= 11 is 0. The number of hydrogen-bond donors (Lipinski definition) is 3. The molecule has 2 aromatic rings. The van der Waals surface area contributed by atoms with E-state index in [2.05, 4.69) is 6.08 Å². The van der Waals surface area contributed by atoms with Crippen LogP contribution in [0.3, 0.4) is 0 Å². The second-order valence-electron chi connectivity index (χ2n) is 6.99. The second-order valence-corrected chi connectivity index (χ2v) is 6.99. The van der Waals surface area contributed by atoms with Crippen LogP contribution in [0.25, 0.3) is 0 Å². The van der Waals surface area contributed by atoms with Crippen molar-refractivity contribution in [2.24, 2.45) is 0 Å². The first kappa shape index (κ1) is 15.7. The molecule has 3 N–H and O–H groups in total. The average Bonchev–Trinajstić information content (AvgIpc) is 2.87. The van der Waals surface area contributed by atoms with E-state index in [0.29, 0.717) is 24.5 Å². The number of aromatic hydroxyl groups is 3. The first-order valence-electron chi connectivity index (χ1n) is 8.23. The van der Waals surface area contributed by atoms with Crippen LogP contribution in [0.15, 0.2) is 42.0 Å². The van der Waals surface area contributed by atoms with Crippen LogP contribution in [0.1, 0.15) is 37.5 Å². The zero-order chi connectivity index (χ0) is 17.8. The molecule has 130 valence electrons. The second kappa shape index (κ2) is 5.34. The topological polar surface area (TPSA) is 79.2 Å². The third-order valence-electron chi connectivity index (χ3n) is 5.00.